The number of aromatic hydroxyl groups is 1. The van der Waals surface area contributed by atoms with E-state index >= 15 is 0 Å². The van der Waals surface area contributed by atoms with Gasteiger partial charge in [0.15, 0.2) is 5.65 Å². The second kappa shape index (κ2) is 9.74. The van der Waals surface area contributed by atoms with Crippen molar-refractivity contribution >= 4 is 28.3 Å². The van der Waals surface area contributed by atoms with E-state index in [1.54, 1.807) is 0 Å². The third-order valence-electron chi connectivity index (χ3n) is 5.86. The molecule has 0 saturated carbocycles. The van der Waals surface area contributed by atoms with Gasteiger partial charge in [-0.2, -0.15) is 0 Å². The van der Waals surface area contributed by atoms with Gasteiger partial charge < -0.3 is 9.84 Å². The Balaban J connectivity index is 2.29. The molecule has 0 spiro atoms. The third kappa shape index (κ3) is 4.25. The lowest BCUT2D eigenvalue weighted by Crippen LogP contribution is -2.26. The minimum Gasteiger partial charge on any atom is -0.501 e. The lowest BCUT2D eigenvalue weighted by Gasteiger charge is -2.21. The van der Waals surface area contributed by atoms with E-state index in [9.17, 15) is 24.4 Å². The van der Waals surface area contributed by atoms with Crippen LogP contribution in [0.15, 0.2) is 35.4 Å². The standard InChI is InChI=1S/C25H23ClFN5O5/c1-11(2)18-21(19(12(3)4)29-10-28-18)31-24-13(23(33)22(25(31)34)32(35)36)9-14(26)20(30-24)17-15(27)7-6-8-16(17)37-5/h6-12,33H,1-5H3. The molecule has 0 unspecified atom stereocenters. The summed E-state index contributed by atoms with van der Waals surface area (Å²) >= 11 is 6.47. The Kier molecular flexibility index (Phi) is 6.83. The molecule has 0 aliphatic carbocycles. The van der Waals surface area contributed by atoms with Crippen LogP contribution in [0.1, 0.15) is 50.9 Å². The van der Waals surface area contributed by atoms with Crippen molar-refractivity contribution in [2.45, 2.75) is 39.5 Å². The van der Waals surface area contributed by atoms with E-state index in [2.05, 4.69) is 15.0 Å². The average molecular weight is 528 g/mol. The number of pyridine rings is 2. The van der Waals surface area contributed by atoms with Crippen LogP contribution < -0.4 is 10.3 Å². The highest BCUT2D eigenvalue weighted by Crippen LogP contribution is 2.41. The number of fused-ring (bicyclic) bond motifs is 1. The third-order valence-corrected chi connectivity index (χ3v) is 6.15. The van der Waals surface area contributed by atoms with Gasteiger partial charge in [0.2, 0.25) is 5.75 Å². The molecule has 10 nitrogen and oxygen atoms in total. The van der Waals surface area contributed by atoms with E-state index in [0.29, 0.717) is 11.4 Å². The summed E-state index contributed by atoms with van der Waals surface area (Å²) in [6.45, 7) is 7.38. The SMILES string of the molecule is COc1cccc(F)c1-c1nc2c(cc1Cl)c(O)c([N+](=O)[O-])c(=O)n2-c1c(C(C)C)ncnc1C(C)C. The van der Waals surface area contributed by atoms with Crippen molar-refractivity contribution in [3.8, 4) is 28.4 Å². The molecule has 4 rings (SSSR count). The Bertz CT molecular complexity index is 1590. The Hall–Kier alpha value is -4.12. The lowest BCUT2D eigenvalue weighted by atomic mass is 10.0. The van der Waals surface area contributed by atoms with Gasteiger partial charge in [-0.1, -0.05) is 45.4 Å². The number of methoxy groups -OCH3 is 1. The summed E-state index contributed by atoms with van der Waals surface area (Å²) in [5, 5.41) is 22.4. The fourth-order valence-electron chi connectivity index (χ4n) is 4.19. The second-order valence-electron chi connectivity index (χ2n) is 8.90. The molecule has 0 aliphatic heterocycles. The molecule has 3 heterocycles. The van der Waals surface area contributed by atoms with Crippen molar-refractivity contribution in [2.75, 3.05) is 7.11 Å². The normalized spacial score (nSPS) is 11.5. The predicted molar refractivity (Wildman–Crippen MR) is 136 cm³/mol. The van der Waals surface area contributed by atoms with Crippen LogP contribution in [-0.2, 0) is 0 Å². The Morgan fingerprint density at radius 2 is 1.78 bits per heavy atom. The van der Waals surface area contributed by atoms with Crippen LogP contribution >= 0.6 is 11.6 Å². The number of nitro groups is 1. The number of benzene rings is 1. The Morgan fingerprint density at radius 3 is 2.32 bits per heavy atom. The second-order valence-corrected chi connectivity index (χ2v) is 9.31. The van der Waals surface area contributed by atoms with Gasteiger partial charge in [-0.15, -0.1) is 0 Å². The van der Waals surface area contributed by atoms with E-state index < -0.39 is 27.7 Å². The highest BCUT2D eigenvalue weighted by atomic mass is 35.5. The summed E-state index contributed by atoms with van der Waals surface area (Å²) in [5.74, 6) is -1.91. The van der Waals surface area contributed by atoms with E-state index in [-0.39, 0.29) is 50.6 Å². The molecule has 4 aromatic rings. The van der Waals surface area contributed by atoms with Gasteiger partial charge in [0, 0.05) is 0 Å². The van der Waals surface area contributed by atoms with E-state index in [1.165, 1.54) is 37.7 Å². The van der Waals surface area contributed by atoms with Crippen LogP contribution in [0.2, 0.25) is 5.02 Å². The highest BCUT2D eigenvalue weighted by molar-refractivity contribution is 6.34. The molecule has 1 N–H and O–H groups in total. The van der Waals surface area contributed by atoms with Crippen LogP contribution in [0, 0.1) is 15.9 Å². The number of halogens is 2. The quantitative estimate of drug-likeness (QED) is 0.256. The average Bonchev–Trinajstić information content (AvgIpc) is 2.83. The van der Waals surface area contributed by atoms with Crippen LogP contribution in [0.4, 0.5) is 10.1 Å². The molecule has 0 aliphatic rings. The van der Waals surface area contributed by atoms with Crippen molar-refractivity contribution in [1.29, 1.82) is 0 Å². The van der Waals surface area contributed by atoms with Gasteiger partial charge in [0.25, 0.3) is 0 Å². The zero-order valence-corrected chi connectivity index (χ0v) is 21.4. The molecule has 1 aromatic carbocycles. The first kappa shape index (κ1) is 26.0. The smallest absolute Gasteiger partial charge is 0.376 e. The summed E-state index contributed by atoms with van der Waals surface area (Å²) in [6, 6.07) is 5.36. The van der Waals surface area contributed by atoms with E-state index in [4.69, 9.17) is 16.3 Å². The molecule has 0 fully saturated rings. The Morgan fingerprint density at radius 1 is 1.16 bits per heavy atom. The molecule has 192 valence electrons. The van der Waals surface area contributed by atoms with Gasteiger partial charge in [0.05, 0.1) is 50.8 Å². The maximum atomic E-state index is 15.0. The number of hydrogen-bond donors (Lipinski definition) is 1. The van der Waals surface area contributed by atoms with Crippen LogP contribution in [0.25, 0.3) is 28.0 Å². The molecule has 0 radical (unpaired) electrons. The molecule has 37 heavy (non-hydrogen) atoms. The minimum absolute atomic E-state index is 0.0776. The summed E-state index contributed by atoms with van der Waals surface area (Å²) in [4.78, 5) is 37.8. The number of nitrogens with zero attached hydrogens (tertiary/aromatic N) is 5. The summed E-state index contributed by atoms with van der Waals surface area (Å²) < 4.78 is 21.3. The largest absolute Gasteiger partial charge is 0.501 e. The molecule has 0 atom stereocenters. The van der Waals surface area contributed by atoms with Gasteiger partial charge in [0.1, 0.15) is 17.9 Å². The molecule has 3 aromatic heterocycles. The Labute approximate surface area is 215 Å². The van der Waals surface area contributed by atoms with Gasteiger partial charge in [-0.05, 0) is 30.0 Å². The molecule has 0 amide bonds. The zero-order chi connectivity index (χ0) is 27.2. The molecule has 0 bridgehead atoms. The van der Waals surface area contributed by atoms with Crippen molar-refractivity contribution in [2.24, 2.45) is 0 Å². The first-order valence-electron chi connectivity index (χ1n) is 11.3. The molecule has 12 heteroatoms. The van der Waals surface area contributed by atoms with E-state index in [0.717, 1.165) is 4.57 Å². The summed E-state index contributed by atoms with van der Waals surface area (Å²) in [7, 11) is 1.35. The highest BCUT2D eigenvalue weighted by Gasteiger charge is 2.32. The van der Waals surface area contributed by atoms with E-state index in [1.807, 2.05) is 27.7 Å². The van der Waals surface area contributed by atoms with Gasteiger partial charge >= 0.3 is 11.2 Å². The number of ether oxygens (including phenoxy) is 1. The first-order valence-corrected chi connectivity index (χ1v) is 11.7. The van der Waals surface area contributed by atoms with Gasteiger partial charge in [-0.3, -0.25) is 19.5 Å². The minimum atomic E-state index is -1.14. The zero-order valence-electron chi connectivity index (χ0n) is 20.6. The van der Waals surface area contributed by atoms with Crippen LogP contribution in [0.5, 0.6) is 11.5 Å². The van der Waals surface area contributed by atoms with Gasteiger partial charge in [-0.25, -0.2) is 19.3 Å². The number of rotatable bonds is 6. The number of aromatic nitrogens is 4. The van der Waals surface area contributed by atoms with Crippen molar-refractivity contribution in [3.63, 3.8) is 0 Å². The lowest BCUT2D eigenvalue weighted by molar-refractivity contribution is -0.387. The fraction of sp³-hybridized carbons (Fsp3) is 0.280. The molecular weight excluding hydrogens is 505 g/mol. The summed E-state index contributed by atoms with van der Waals surface area (Å²) in [5.41, 5.74) is -1.48. The van der Waals surface area contributed by atoms with Crippen LogP contribution in [-0.4, -0.2) is 36.7 Å². The first-order chi connectivity index (χ1) is 17.5. The summed E-state index contributed by atoms with van der Waals surface area (Å²) in [6.07, 6.45) is 1.36. The van der Waals surface area contributed by atoms with Crippen LogP contribution in [0.3, 0.4) is 0 Å². The maximum Gasteiger partial charge on any atom is 0.376 e. The predicted octanol–water partition coefficient (Wildman–Crippen LogP) is 5.50. The molecular formula is C25H23ClFN5O5. The van der Waals surface area contributed by atoms with Crippen molar-refractivity contribution < 1.29 is 19.2 Å². The topological polar surface area (TPSA) is 133 Å². The molecule has 0 saturated heterocycles. The van der Waals surface area contributed by atoms with Crippen molar-refractivity contribution in [1.82, 2.24) is 19.5 Å². The number of hydrogen-bond acceptors (Lipinski definition) is 8. The maximum absolute atomic E-state index is 15.0. The monoisotopic (exact) mass is 527 g/mol. The van der Waals surface area contributed by atoms with Crippen molar-refractivity contribution in [3.05, 3.63) is 73.3 Å². The fourth-order valence-corrected chi connectivity index (χ4v) is 4.43.